The van der Waals surface area contributed by atoms with Crippen LogP contribution >= 0.6 is 0 Å². The van der Waals surface area contributed by atoms with Gasteiger partial charge in [0, 0.05) is 13.1 Å². The van der Waals surface area contributed by atoms with Crippen molar-refractivity contribution in [2.75, 3.05) is 32.7 Å². The van der Waals surface area contributed by atoms with E-state index in [4.69, 9.17) is 4.99 Å². The van der Waals surface area contributed by atoms with Crippen molar-refractivity contribution >= 4 is 5.96 Å². The van der Waals surface area contributed by atoms with Gasteiger partial charge in [0.2, 0.25) is 0 Å². The average Bonchev–Trinajstić information content (AvgIpc) is 2.62. The lowest BCUT2D eigenvalue weighted by Gasteiger charge is -2.30. The van der Waals surface area contributed by atoms with Crippen molar-refractivity contribution in [3.63, 3.8) is 0 Å². The van der Waals surface area contributed by atoms with Gasteiger partial charge in [-0.25, -0.2) is 0 Å². The van der Waals surface area contributed by atoms with Crippen molar-refractivity contribution in [1.29, 1.82) is 0 Å². The van der Waals surface area contributed by atoms with E-state index < -0.39 is 0 Å². The highest BCUT2D eigenvalue weighted by atomic mass is 15.2. The quantitative estimate of drug-likeness (QED) is 0.585. The van der Waals surface area contributed by atoms with Crippen LogP contribution < -0.4 is 10.6 Å². The second-order valence-electron chi connectivity index (χ2n) is 7.15. The second-order valence-corrected chi connectivity index (χ2v) is 7.15. The number of aryl methyl sites for hydroxylation is 1. The molecular weight excluding hydrogens is 308 g/mol. The van der Waals surface area contributed by atoms with E-state index in [9.17, 15) is 0 Å². The molecule has 0 aliphatic carbocycles. The number of nitrogens with zero attached hydrogens (tertiary/aromatic N) is 2. The van der Waals surface area contributed by atoms with Crippen molar-refractivity contribution in [3.05, 3.63) is 35.4 Å². The van der Waals surface area contributed by atoms with Gasteiger partial charge in [-0.1, -0.05) is 31.2 Å². The predicted octanol–water partition coefficient (Wildman–Crippen LogP) is 3.73. The summed E-state index contributed by atoms with van der Waals surface area (Å²) in [5, 5.41) is 6.95. The lowest BCUT2D eigenvalue weighted by Crippen LogP contribution is -2.39. The molecule has 0 saturated carbocycles. The van der Waals surface area contributed by atoms with E-state index in [2.05, 4.69) is 67.5 Å². The Morgan fingerprint density at radius 2 is 1.96 bits per heavy atom. The predicted molar refractivity (Wildman–Crippen MR) is 108 cm³/mol. The number of piperidine rings is 1. The van der Waals surface area contributed by atoms with Gasteiger partial charge in [-0.2, -0.15) is 0 Å². The SMILES string of the molecule is CCNC(=NCCC1CCN(CC)CC1)NC(C)c1ccccc1C. The van der Waals surface area contributed by atoms with Gasteiger partial charge in [0.15, 0.2) is 5.96 Å². The lowest BCUT2D eigenvalue weighted by atomic mass is 9.94. The molecule has 1 atom stereocenters. The summed E-state index contributed by atoms with van der Waals surface area (Å²) in [4.78, 5) is 7.37. The van der Waals surface area contributed by atoms with Gasteiger partial charge in [0.25, 0.3) is 0 Å². The van der Waals surface area contributed by atoms with E-state index in [0.29, 0.717) is 0 Å². The van der Waals surface area contributed by atoms with Crippen LogP contribution in [0.4, 0.5) is 0 Å². The first-order chi connectivity index (χ1) is 12.1. The zero-order chi connectivity index (χ0) is 18.1. The van der Waals surface area contributed by atoms with E-state index in [1.54, 1.807) is 0 Å². The Labute approximate surface area is 154 Å². The molecule has 1 aromatic rings. The number of nitrogens with one attached hydrogen (secondary N) is 2. The molecule has 0 bridgehead atoms. The first-order valence-corrected chi connectivity index (χ1v) is 9.96. The molecule has 0 amide bonds. The third-order valence-electron chi connectivity index (χ3n) is 5.31. The molecule has 0 radical (unpaired) electrons. The van der Waals surface area contributed by atoms with E-state index in [1.807, 2.05) is 0 Å². The van der Waals surface area contributed by atoms with Crippen LogP contribution in [0.2, 0.25) is 0 Å². The summed E-state index contributed by atoms with van der Waals surface area (Å²) in [5.41, 5.74) is 2.65. The molecule has 0 aromatic heterocycles. The van der Waals surface area contributed by atoms with Gasteiger partial charge in [-0.3, -0.25) is 4.99 Å². The third-order valence-corrected chi connectivity index (χ3v) is 5.31. The molecule has 2 rings (SSSR count). The number of aliphatic imine (C=N–C) groups is 1. The van der Waals surface area contributed by atoms with Gasteiger partial charge in [0.05, 0.1) is 6.04 Å². The molecule has 1 saturated heterocycles. The maximum Gasteiger partial charge on any atom is 0.191 e. The molecule has 25 heavy (non-hydrogen) atoms. The number of likely N-dealkylation sites (tertiary alicyclic amines) is 1. The van der Waals surface area contributed by atoms with Crippen LogP contribution in [0.1, 0.15) is 57.2 Å². The topological polar surface area (TPSA) is 39.7 Å². The summed E-state index contributed by atoms with van der Waals surface area (Å²) in [6.45, 7) is 14.3. The van der Waals surface area contributed by atoms with E-state index in [-0.39, 0.29) is 6.04 Å². The summed E-state index contributed by atoms with van der Waals surface area (Å²) in [6, 6.07) is 8.81. The second kappa shape index (κ2) is 10.4. The fourth-order valence-electron chi connectivity index (χ4n) is 3.63. The minimum absolute atomic E-state index is 0.256. The molecule has 1 aliphatic rings. The van der Waals surface area contributed by atoms with E-state index in [0.717, 1.165) is 25.0 Å². The Kier molecular flexibility index (Phi) is 8.26. The Morgan fingerprint density at radius 3 is 2.60 bits per heavy atom. The number of hydrogen-bond acceptors (Lipinski definition) is 2. The molecular formula is C21H36N4. The highest BCUT2D eigenvalue weighted by molar-refractivity contribution is 5.80. The summed E-state index contributed by atoms with van der Waals surface area (Å²) < 4.78 is 0. The van der Waals surface area contributed by atoms with Crippen molar-refractivity contribution in [1.82, 2.24) is 15.5 Å². The fourth-order valence-corrected chi connectivity index (χ4v) is 3.63. The number of benzene rings is 1. The molecule has 4 nitrogen and oxygen atoms in total. The van der Waals surface area contributed by atoms with Gasteiger partial charge in [-0.05, 0) is 76.7 Å². The third kappa shape index (κ3) is 6.35. The monoisotopic (exact) mass is 344 g/mol. The zero-order valence-electron chi connectivity index (χ0n) is 16.5. The molecule has 1 unspecified atom stereocenters. The molecule has 1 aliphatic heterocycles. The van der Waals surface area contributed by atoms with Crippen LogP contribution in [0, 0.1) is 12.8 Å². The molecule has 1 fully saturated rings. The number of rotatable bonds is 7. The summed E-state index contributed by atoms with van der Waals surface area (Å²) in [6.07, 6.45) is 3.85. The molecule has 2 N–H and O–H groups in total. The largest absolute Gasteiger partial charge is 0.357 e. The number of hydrogen-bond donors (Lipinski definition) is 2. The van der Waals surface area contributed by atoms with Crippen LogP contribution in [0.3, 0.4) is 0 Å². The molecule has 1 heterocycles. The van der Waals surface area contributed by atoms with Crippen molar-refractivity contribution < 1.29 is 0 Å². The maximum absolute atomic E-state index is 4.82. The number of guanidine groups is 1. The summed E-state index contributed by atoms with van der Waals surface area (Å²) in [5.74, 6) is 1.77. The Morgan fingerprint density at radius 1 is 1.24 bits per heavy atom. The van der Waals surface area contributed by atoms with Crippen LogP contribution in [0.15, 0.2) is 29.3 Å². The molecule has 4 heteroatoms. The van der Waals surface area contributed by atoms with Crippen LogP contribution in [0.5, 0.6) is 0 Å². The smallest absolute Gasteiger partial charge is 0.191 e. The van der Waals surface area contributed by atoms with E-state index >= 15 is 0 Å². The first kappa shape index (κ1) is 19.8. The first-order valence-electron chi connectivity index (χ1n) is 9.96. The maximum atomic E-state index is 4.82. The average molecular weight is 345 g/mol. The molecule has 1 aromatic carbocycles. The van der Waals surface area contributed by atoms with E-state index in [1.165, 1.54) is 50.0 Å². The zero-order valence-corrected chi connectivity index (χ0v) is 16.5. The van der Waals surface area contributed by atoms with Crippen molar-refractivity contribution in [3.8, 4) is 0 Å². The highest BCUT2D eigenvalue weighted by Crippen LogP contribution is 2.20. The summed E-state index contributed by atoms with van der Waals surface area (Å²) in [7, 11) is 0. The van der Waals surface area contributed by atoms with Crippen molar-refractivity contribution in [2.45, 2.75) is 53.0 Å². The van der Waals surface area contributed by atoms with Gasteiger partial charge in [-0.15, -0.1) is 0 Å². The van der Waals surface area contributed by atoms with Crippen LogP contribution in [-0.2, 0) is 0 Å². The van der Waals surface area contributed by atoms with Gasteiger partial charge in [0.1, 0.15) is 0 Å². The van der Waals surface area contributed by atoms with Gasteiger partial charge < -0.3 is 15.5 Å². The van der Waals surface area contributed by atoms with Crippen LogP contribution in [0.25, 0.3) is 0 Å². The highest BCUT2D eigenvalue weighted by Gasteiger charge is 2.17. The standard InChI is InChI=1S/C21H36N4/c1-5-22-21(24-18(4)20-10-8-7-9-17(20)3)23-14-11-19-12-15-25(6-2)16-13-19/h7-10,18-19H,5-6,11-16H2,1-4H3,(H2,22,23,24). The fraction of sp³-hybridized carbons (Fsp3) is 0.667. The van der Waals surface area contributed by atoms with Crippen LogP contribution in [-0.4, -0.2) is 43.6 Å². The lowest BCUT2D eigenvalue weighted by molar-refractivity contribution is 0.188. The Hall–Kier alpha value is -1.55. The summed E-state index contributed by atoms with van der Waals surface area (Å²) >= 11 is 0. The Bertz CT molecular complexity index is 532. The Balaban J connectivity index is 1.85. The minimum atomic E-state index is 0.256. The van der Waals surface area contributed by atoms with Gasteiger partial charge >= 0.3 is 0 Å². The molecule has 0 spiro atoms. The molecule has 140 valence electrons. The normalized spacial score (nSPS) is 18.2. The minimum Gasteiger partial charge on any atom is -0.357 e. The van der Waals surface area contributed by atoms with Crippen molar-refractivity contribution in [2.24, 2.45) is 10.9 Å².